The van der Waals surface area contributed by atoms with E-state index in [1.165, 1.54) is 18.2 Å². The molecule has 0 amide bonds. The second-order valence-corrected chi connectivity index (χ2v) is 5.90. The van der Waals surface area contributed by atoms with Crippen LogP contribution in [0.15, 0.2) is 40.9 Å². The highest BCUT2D eigenvalue weighted by Gasteiger charge is 2.18. The van der Waals surface area contributed by atoms with Crippen molar-refractivity contribution >= 4 is 27.7 Å². The highest BCUT2D eigenvalue weighted by atomic mass is 79.9. The summed E-state index contributed by atoms with van der Waals surface area (Å²) in [5.74, 6) is -1.01. The van der Waals surface area contributed by atoms with Crippen molar-refractivity contribution < 1.29 is 28.2 Å². The molecule has 0 bridgehead atoms. The molecule has 0 aliphatic carbocycles. The lowest BCUT2D eigenvalue weighted by atomic mass is 10.1. The number of halogens is 2. The first-order chi connectivity index (χ1) is 11.5. The van der Waals surface area contributed by atoms with Gasteiger partial charge >= 0.3 is 5.97 Å². The average Bonchev–Trinajstić information content (AvgIpc) is 2.61. The number of esters is 1. The first-order valence-electron chi connectivity index (χ1n) is 7.09. The van der Waals surface area contributed by atoms with Crippen LogP contribution in [0.25, 0.3) is 0 Å². The summed E-state index contributed by atoms with van der Waals surface area (Å²) in [5.41, 5.74) is 0.0844. The Labute approximate surface area is 145 Å². The summed E-state index contributed by atoms with van der Waals surface area (Å²) in [5, 5.41) is 0. The Morgan fingerprint density at radius 1 is 1.08 bits per heavy atom. The van der Waals surface area contributed by atoms with Gasteiger partial charge in [0, 0.05) is 10.0 Å². The molecule has 0 unspecified atom stereocenters. The van der Waals surface area contributed by atoms with E-state index in [0.717, 1.165) is 6.07 Å². The molecule has 124 valence electrons. The van der Waals surface area contributed by atoms with Crippen LogP contribution >= 0.6 is 15.9 Å². The molecule has 0 saturated carbocycles. The van der Waals surface area contributed by atoms with E-state index in [1.807, 2.05) is 0 Å². The van der Waals surface area contributed by atoms with Crippen molar-refractivity contribution in [3.8, 4) is 11.5 Å². The van der Waals surface area contributed by atoms with Crippen molar-refractivity contribution in [3.05, 3.63) is 57.8 Å². The maximum Gasteiger partial charge on any atom is 0.341 e. The van der Waals surface area contributed by atoms with E-state index >= 15 is 0 Å². The molecule has 3 rings (SSSR count). The molecule has 5 nitrogen and oxygen atoms in total. The van der Waals surface area contributed by atoms with Crippen LogP contribution in [-0.4, -0.2) is 31.6 Å². The summed E-state index contributed by atoms with van der Waals surface area (Å²) in [7, 11) is 0. The standard InChI is InChI=1S/C17H12BrFO5/c18-11-2-3-13(19)12(8-11)17(21)24-9-14(20)10-1-4-15-16(7-10)23-6-5-22-15/h1-4,7-8H,5-6,9H2. The summed E-state index contributed by atoms with van der Waals surface area (Å²) in [6.45, 7) is 0.363. The van der Waals surface area contributed by atoms with E-state index in [-0.39, 0.29) is 5.56 Å². The predicted molar refractivity (Wildman–Crippen MR) is 86.1 cm³/mol. The molecule has 2 aromatic carbocycles. The van der Waals surface area contributed by atoms with Crippen LogP contribution in [0.3, 0.4) is 0 Å². The quantitative estimate of drug-likeness (QED) is 0.587. The number of fused-ring (bicyclic) bond motifs is 1. The monoisotopic (exact) mass is 394 g/mol. The number of hydrogen-bond acceptors (Lipinski definition) is 5. The van der Waals surface area contributed by atoms with Crippen LogP contribution in [0.4, 0.5) is 4.39 Å². The molecule has 0 aromatic heterocycles. The Morgan fingerprint density at radius 2 is 1.83 bits per heavy atom. The van der Waals surface area contributed by atoms with Crippen molar-refractivity contribution in [1.82, 2.24) is 0 Å². The van der Waals surface area contributed by atoms with Gasteiger partial charge in [-0.3, -0.25) is 4.79 Å². The fourth-order valence-electron chi connectivity index (χ4n) is 2.16. The summed E-state index contributed by atoms with van der Waals surface area (Å²) in [6, 6.07) is 8.62. The molecule has 7 heteroatoms. The summed E-state index contributed by atoms with van der Waals surface area (Å²) >= 11 is 3.15. The van der Waals surface area contributed by atoms with Gasteiger partial charge in [0.1, 0.15) is 19.0 Å². The first kappa shape index (κ1) is 16.4. The minimum Gasteiger partial charge on any atom is -0.486 e. The summed E-state index contributed by atoms with van der Waals surface area (Å²) in [6.07, 6.45) is 0. The van der Waals surface area contributed by atoms with Crippen LogP contribution in [0, 0.1) is 5.82 Å². The Morgan fingerprint density at radius 3 is 2.62 bits per heavy atom. The minimum atomic E-state index is -0.903. The van der Waals surface area contributed by atoms with Gasteiger partial charge in [-0.15, -0.1) is 0 Å². The molecule has 0 atom stereocenters. The fraction of sp³-hybridized carbons (Fsp3) is 0.176. The number of ether oxygens (including phenoxy) is 3. The van der Waals surface area contributed by atoms with Gasteiger partial charge < -0.3 is 14.2 Å². The molecule has 0 N–H and O–H groups in total. The fourth-order valence-corrected chi connectivity index (χ4v) is 2.52. The number of Topliss-reactive ketones (excluding diaryl/α,β-unsaturated/α-hetero) is 1. The first-order valence-corrected chi connectivity index (χ1v) is 7.89. The molecule has 0 spiro atoms. The Balaban J connectivity index is 1.67. The van der Waals surface area contributed by atoms with E-state index < -0.39 is 24.2 Å². The lowest BCUT2D eigenvalue weighted by Crippen LogP contribution is -2.17. The van der Waals surface area contributed by atoms with Gasteiger partial charge in [-0.2, -0.15) is 0 Å². The second kappa shape index (κ2) is 7.00. The molecule has 1 aliphatic rings. The van der Waals surface area contributed by atoms with Crippen LogP contribution in [0.5, 0.6) is 11.5 Å². The second-order valence-electron chi connectivity index (χ2n) is 4.98. The van der Waals surface area contributed by atoms with Crippen molar-refractivity contribution in [1.29, 1.82) is 0 Å². The lowest BCUT2D eigenvalue weighted by molar-refractivity contribution is 0.0470. The average molecular weight is 395 g/mol. The maximum absolute atomic E-state index is 13.6. The largest absolute Gasteiger partial charge is 0.486 e. The molecule has 1 heterocycles. The van der Waals surface area contributed by atoms with Gasteiger partial charge in [0.15, 0.2) is 23.9 Å². The van der Waals surface area contributed by atoms with E-state index in [2.05, 4.69) is 15.9 Å². The van der Waals surface area contributed by atoms with Gasteiger partial charge in [0.2, 0.25) is 0 Å². The zero-order valence-electron chi connectivity index (χ0n) is 12.4. The highest BCUT2D eigenvalue weighted by Crippen LogP contribution is 2.30. The Kier molecular flexibility index (Phi) is 4.80. The highest BCUT2D eigenvalue weighted by molar-refractivity contribution is 9.10. The molecular formula is C17H12BrFO5. The van der Waals surface area contributed by atoms with Gasteiger partial charge in [-0.25, -0.2) is 9.18 Å². The summed E-state index contributed by atoms with van der Waals surface area (Å²) in [4.78, 5) is 24.0. The Hall–Kier alpha value is -2.41. The number of carbonyl (C=O) groups excluding carboxylic acids is 2. The number of rotatable bonds is 4. The summed E-state index contributed by atoms with van der Waals surface area (Å²) < 4.78 is 29.8. The van der Waals surface area contributed by atoms with Crippen LogP contribution in [0.2, 0.25) is 0 Å². The zero-order valence-corrected chi connectivity index (χ0v) is 14.0. The molecule has 2 aromatic rings. The normalized spacial score (nSPS) is 12.6. The number of carbonyl (C=O) groups is 2. The molecule has 1 aliphatic heterocycles. The SMILES string of the molecule is O=C(COC(=O)c1cc(Br)ccc1F)c1ccc2c(c1)OCCO2. The molecule has 0 saturated heterocycles. The van der Waals surface area contributed by atoms with E-state index in [4.69, 9.17) is 14.2 Å². The number of hydrogen-bond donors (Lipinski definition) is 0. The zero-order chi connectivity index (χ0) is 17.1. The topological polar surface area (TPSA) is 61.8 Å². The maximum atomic E-state index is 13.6. The van der Waals surface area contributed by atoms with E-state index in [9.17, 15) is 14.0 Å². The predicted octanol–water partition coefficient (Wildman–Crippen LogP) is 3.40. The van der Waals surface area contributed by atoms with Gasteiger partial charge in [0.25, 0.3) is 0 Å². The minimum absolute atomic E-state index is 0.237. The third-order valence-corrected chi connectivity index (χ3v) is 3.84. The van der Waals surface area contributed by atoms with Crippen LogP contribution in [0.1, 0.15) is 20.7 Å². The van der Waals surface area contributed by atoms with Crippen molar-refractivity contribution in [3.63, 3.8) is 0 Å². The number of ketones is 1. The third kappa shape index (κ3) is 3.56. The molecule has 24 heavy (non-hydrogen) atoms. The number of benzene rings is 2. The van der Waals surface area contributed by atoms with Crippen molar-refractivity contribution in [2.75, 3.05) is 19.8 Å². The molecule has 0 fully saturated rings. The molecular weight excluding hydrogens is 383 g/mol. The van der Waals surface area contributed by atoms with Gasteiger partial charge in [-0.1, -0.05) is 15.9 Å². The smallest absolute Gasteiger partial charge is 0.341 e. The van der Waals surface area contributed by atoms with Crippen molar-refractivity contribution in [2.45, 2.75) is 0 Å². The third-order valence-electron chi connectivity index (χ3n) is 3.35. The van der Waals surface area contributed by atoms with Crippen molar-refractivity contribution in [2.24, 2.45) is 0 Å². The van der Waals surface area contributed by atoms with Crippen LogP contribution in [-0.2, 0) is 4.74 Å². The van der Waals surface area contributed by atoms with E-state index in [1.54, 1.807) is 12.1 Å². The van der Waals surface area contributed by atoms with E-state index in [0.29, 0.717) is 34.7 Å². The Bertz CT molecular complexity index is 806. The lowest BCUT2D eigenvalue weighted by Gasteiger charge is -2.18. The van der Waals surface area contributed by atoms with Crippen LogP contribution < -0.4 is 9.47 Å². The van der Waals surface area contributed by atoms with Gasteiger partial charge in [0.05, 0.1) is 5.56 Å². The molecule has 0 radical (unpaired) electrons. The van der Waals surface area contributed by atoms with Gasteiger partial charge in [-0.05, 0) is 36.4 Å².